The molecule has 0 aromatic carbocycles. The fraction of sp³-hybridized carbons (Fsp3) is 0.333. The minimum Gasteiger partial charge on any atom is -0.306 e. The van der Waals surface area contributed by atoms with Gasteiger partial charge in [-0.15, -0.1) is 0 Å². The molecule has 2 heterocycles. The van der Waals surface area contributed by atoms with E-state index >= 15 is 0 Å². The average Bonchev–Trinajstić information content (AvgIpc) is 2.45. The number of hydrogen-bond donors (Lipinski definition) is 0. The van der Waals surface area contributed by atoms with Gasteiger partial charge < -0.3 is 4.90 Å². The molecule has 0 bridgehead atoms. The number of nitrogens with zero attached hydrogens (tertiary/aromatic N) is 3. The zero-order valence-electron chi connectivity index (χ0n) is 10.8. The smallest absolute Gasteiger partial charge is 0.0416 e. The first-order valence-electron chi connectivity index (χ1n) is 6.32. The Morgan fingerprint density at radius 1 is 0.944 bits per heavy atom. The highest BCUT2D eigenvalue weighted by atomic mass is 15.1. The summed E-state index contributed by atoms with van der Waals surface area (Å²) in [6, 6.07) is 10.2. The van der Waals surface area contributed by atoms with Crippen LogP contribution in [0.25, 0.3) is 0 Å². The zero-order chi connectivity index (χ0) is 12.6. The van der Waals surface area contributed by atoms with Crippen LogP contribution in [0.2, 0.25) is 0 Å². The number of hydrogen-bond acceptors (Lipinski definition) is 3. The number of likely N-dealkylation sites (N-methyl/N-ethyl adjacent to an activating group) is 1. The fourth-order valence-electron chi connectivity index (χ4n) is 1.83. The molecule has 0 amide bonds. The normalized spacial score (nSPS) is 10.8. The van der Waals surface area contributed by atoms with Crippen LogP contribution in [-0.4, -0.2) is 35.0 Å². The third kappa shape index (κ3) is 4.26. The maximum absolute atomic E-state index is 4.33. The van der Waals surface area contributed by atoms with Crippen molar-refractivity contribution in [2.75, 3.05) is 20.1 Å². The predicted molar refractivity (Wildman–Crippen MR) is 73.4 cm³/mol. The molecule has 0 aliphatic heterocycles. The summed E-state index contributed by atoms with van der Waals surface area (Å²) in [5, 5.41) is 0. The van der Waals surface area contributed by atoms with Gasteiger partial charge in [-0.25, -0.2) is 0 Å². The van der Waals surface area contributed by atoms with E-state index in [1.165, 1.54) is 5.56 Å². The first-order chi connectivity index (χ1) is 8.84. The predicted octanol–water partition coefficient (Wildman–Crippen LogP) is 2.19. The van der Waals surface area contributed by atoms with Crippen molar-refractivity contribution in [2.24, 2.45) is 0 Å². The number of rotatable bonds is 6. The van der Waals surface area contributed by atoms with E-state index in [-0.39, 0.29) is 0 Å². The van der Waals surface area contributed by atoms with E-state index in [9.17, 15) is 0 Å². The first kappa shape index (κ1) is 12.7. The lowest BCUT2D eigenvalue weighted by Gasteiger charge is -2.16. The lowest BCUT2D eigenvalue weighted by atomic mass is 10.2. The van der Waals surface area contributed by atoms with E-state index in [0.29, 0.717) is 0 Å². The van der Waals surface area contributed by atoms with Crippen molar-refractivity contribution in [3.8, 4) is 0 Å². The Labute approximate surface area is 109 Å². The third-order valence-electron chi connectivity index (χ3n) is 3.01. The summed E-state index contributed by atoms with van der Waals surface area (Å²) in [5.74, 6) is 0. The Morgan fingerprint density at radius 2 is 1.72 bits per heavy atom. The van der Waals surface area contributed by atoms with E-state index < -0.39 is 0 Å². The number of pyridine rings is 2. The van der Waals surface area contributed by atoms with Gasteiger partial charge in [0.25, 0.3) is 0 Å². The summed E-state index contributed by atoms with van der Waals surface area (Å²) >= 11 is 0. The highest BCUT2D eigenvalue weighted by Gasteiger charge is 2.00. The van der Waals surface area contributed by atoms with E-state index in [1.54, 1.807) is 0 Å². The fourth-order valence-corrected chi connectivity index (χ4v) is 1.83. The van der Waals surface area contributed by atoms with Crippen molar-refractivity contribution in [2.45, 2.75) is 12.8 Å². The molecule has 18 heavy (non-hydrogen) atoms. The Hall–Kier alpha value is -1.74. The molecular weight excluding hydrogens is 222 g/mol. The van der Waals surface area contributed by atoms with Gasteiger partial charge in [-0.05, 0) is 43.3 Å². The van der Waals surface area contributed by atoms with Crippen LogP contribution < -0.4 is 0 Å². The van der Waals surface area contributed by atoms with Gasteiger partial charge in [0.15, 0.2) is 0 Å². The van der Waals surface area contributed by atoms with Crippen molar-refractivity contribution >= 4 is 0 Å². The molecule has 0 aliphatic rings. The monoisotopic (exact) mass is 241 g/mol. The van der Waals surface area contributed by atoms with Gasteiger partial charge in [0.05, 0.1) is 0 Å². The molecular formula is C15H19N3. The van der Waals surface area contributed by atoms with Crippen molar-refractivity contribution in [3.05, 3.63) is 60.2 Å². The lowest BCUT2D eigenvalue weighted by molar-refractivity contribution is 0.341. The second kappa shape index (κ2) is 6.87. The van der Waals surface area contributed by atoms with E-state index in [2.05, 4.69) is 40.1 Å². The van der Waals surface area contributed by atoms with Crippen molar-refractivity contribution in [1.29, 1.82) is 0 Å². The zero-order valence-corrected chi connectivity index (χ0v) is 10.8. The SMILES string of the molecule is CN(CCc1ccncc1)CCc1ccccn1. The topological polar surface area (TPSA) is 29.0 Å². The molecule has 0 N–H and O–H groups in total. The van der Waals surface area contributed by atoms with Gasteiger partial charge in [0.2, 0.25) is 0 Å². The summed E-state index contributed by atoms with van der Waals surface area (Å²) < 4.78 is 0. The molecule has 2 aromatic rings. The highest BCUT2D eigenvalue weighted by Crippen LogP contribution is 2.00. The molecule has 2 aromatic heterocycles. The highest BCUT2D eigenvalue weighted by molar-refractivity contribution is 5.10. The van der Waals surface area contributed by atoms with E-state index in [4.69, 9.17) is 0 Å². The van der Waals surface area contributed by atoms with Gasteiger partial charge >= 0.3 is 0 Å². The van der Waals surface area contributed by atoms with E-state index in [0.717, 1.165) is 31.6 Å². The molecule has 2 rings (SSSR count). The van der Waals surface area contributed by atoms with Crippen LogP contribution in [0, 0.1) is 0 Å². The van der Waals surface area contributed by atoms with Crippen LogP contribution in [0.1, 0.15) is 11.3 Å². The van der Waals surface area contributed by atoms with Crippen LogP contribution in [0.5, 0.6) is 0 Å². The third-order valence-corrected chi connectivity index (χ3v) is 3.01. The van der Waals surface area contributed by atoms with Crippen LogP contribution in [0.4, 0.5) is 0 Å². The summed E-state index contributed by atoms with van der Waals surface area (Å²) in [5.41, 5.74) is 2.50. The Kier molecular flexibility index (Phi) is 4.85. The molecule has 3 nitrogen and oxygen atoms in total. The Balaban J connectivity index is 1.71. The Morgan fingerprint density at radius 3 is 2.44 bits per heavy atom. The van der Waals surface area contributed by atoms with Gasteiger partial charge in [-0.3, -0.25) is 9.97 Å². The van der Waals surface area contributed by atoms with Crippen LogP contribution in [-0.2, 0) is 12.8 Å². The molecule has 0 saturated heterocycles. The largest absolute Gasteiger partial charge is 0.306 e. The first-order valence-corrected chi connectivity index (χ1v) is 6.32. The standard InChI is InChI=1S/C15H19N3/c1-18(12-7-14-5-10-16-11-6-14)13-8-15-4-2-3-9-17-15/h2-6,9-11H,7-8,12-13H2,1H3. The van der Waals surface area contributed by atoms with Crippen LogP contribution in [0.15, 0.2) is 48.9 Å². The minimum atomic E-state index is 1.01. The molecule has 0 spiro atoms. The summed E-state index contributed by atoms with van der Waals surface area (Å²) in [7, 11) is 2.16. The second-order valence-corrected chi connectivity index (χ2v) is 4.48. The molecule has 3 heteroatoms. The van der Waals surface area contributed by atoms with Gasteiger partial charge in [0, 0.05) is 43.8 Å². The molecule has 94 valence electrons. The molecule has 0 radical (unpaired) electrons. The van der Waals surface area contributed by atoms with E-state index in [1.807, 2.05) is 30.7 Å². The Bertz CT molecular complexity index is 398. The average molecular weight is 241 g/mol. The summed E-state index contributed by atoms with van der Waals surface area (Å²) in [6.45, 7) is 2.11. The molecule has 0 unspecified atom stereocenters. The van der Waals surface area contributed by atoms with Crippen LogP contribution in [0.3, 0.4) is 0 Å². The maximum atomic E-state index is 4.33. The maximum Gasteiger partial charge on any atom is 0.0416 e. The number of aromatic nitrogens is 2. The molecule has 0 saturated carbocycles. The molecule has 0 aliphatic carbocycles. The summed E-state index contributed by atoms with van der Waals surface area (Å²) in [6.07, 6.45) is 7.63. The molecule has 0 atom stereocenters. The van der Waals surface area contributed by atoms with Gasteiger partial charge in [0.1, 0.15) is 0 Å². The van der Waals surface area contributed by atoms with Crippen LogP contribution >= 0.6 is 0 Å². The quantitative estimate of drug-likeness (QED) is 0.776. The van der Waals surface area contributed by atoms with Crippen molar-refractivity contribution < 1.29 is 0 Å². The molecule has 0 fully saturated rings. The van der Waals surface area contributed by atoms with Crippen molar-refractivity contribution in [3.63, 3.8) is 0 Å². The summed E-state index contributed by atoms with van der Waals surface area (Å²) in [4.78, 5) is 10.7. The second-order valence-electron chi connectivity index (χ2n) is 4.48. The van der Waals surface area contributed by atoms with Crippen molar-refractivity contribution in [1.82, 2.24) is 14.9 Å². The van der Waals surface area contributed by atoms with Gasteiger partial charge in [-0.2, -0.15) is 0 Å². The van der Waals surface area contributed by atoms with Gasteiger partial charge in [-0.1, -0.05) is 6.07 Å². The lowest BCUT2D eigenvalue weighted by Crippen LogP contribution is -2.24. The minimum absolute atomic E-state index is 1.01.